The smallest absolute Gasteiger partial charge is 0.313 e. The van der Waals surface area contributed by atoms with Crippen molar-refractivity contribution in [2.45, 2.75) is 38.7 Å². The average Bonchev–Trinajstić information content (AvgIpc) is 3.28. The van der Waals surface area contributed by atoms with E-state index in [0.717, 1.165) is 46.0 Å². The van der Waals surface area contributed by atoms with Crippen LogP contribution in [0.2, 0.25) is 0 Å². The number of carbonyl (C=O) groups is 3. The summed E-state index contributed by atoms with van der Waals surface area (Å²) in [6.07, 6.45) is 2.19. The molecule has 0 aliphatic carbocycles. The Hall–Kier alpha value is -2.71. The molecule has 3 N–H and O–H groups in total. The number of anilines is 2. The maximum Gasteiger partial charge on any atom is 0.313 e. The minimum absolute atomic E-state index is 0.0921. The van der Waals surface area contributed by atoms with E-state index in [1.807, 2.05) is 23.1 Å². The molecule has 2 aliphatic heterocycles. The summed E-state index contributed by atoms with van der Waals surface area (Å²) in [5.74, 6) is -1.32. The lowest BCUT2D eigenvalue weighted by molar-refractivity contribution is -0.136. The molecule has 0 radical (unpaired) electrons. The van der Waals surface area contributed by atoms with Crippen LogP contribution in [0.5, 0.6) is 0 Å². The number of amides is 3. The zero-order chi connectivity index (χ0) is 20.5. The first-order valence-electron chi connectivity index (χ1n) is 9.74. The fourth-order valence-corrected chi connectivity index (χ4v) is 4.82. The van der Waals surface area contributed by atoms with Gasteiger partial charge in [0.05, 0.1) is 18.2 Å². The van der Waals surface area contributed by atoms with E-state index in [9.17, 15) is 19.5 Å². The molecule has 29 heavy (non-hydrogen) atoms. The summed E-state index contributed by atoms with van der Waals surface area (Å²) in [6.45, 7) is 2.79. The molecule has 7 nitrogen and oxygen atoms in total. The highest BCUT2D eigenvalue weighted by atomic mass is 32.1. The number of benzene rings is 1. The lowest BCUT2D eigenvalue weighted by Gasteiger charge is -2.26. The predicted octanol–water partition coefficient (Wildman–Crippen LogP) is 1.93. The quantitative estimate of drug-likeness (QED) is 0.653. The molecule has 0 saturated carbocycles. The Kier molecular flexibility index (Phi) is 5.38. The van der Waals surface area contributed by atoms with Gasteiger partial charge < -0.3 is 20.6 Å². The van der Waals surface area contributed by atoms with E-state index in [4.69, 9.17) is 0 Å². The number of thiophene rings is 1. The van der Waals surface area contributed by atoms with Crippen LogP contribution in [0.25, 0.3) is 0 Å². The Morgan fingerprint density at radius 2 is 2.03 bits per heavy atom. The highest BCUT2D eigenvalue weighted by molar-refractivity contribution is 7.12. The predicted molar refractivity (Wildman–Crippen MR) is 111 cm³/mol. The van der Waals surface area contributed by atoms with E-state index in [0.29, 0.717) is 25.1 Å². The highest BCUT2D eigenvalue weighted by Gasteiger charge is 2.32. The van der Waals surface area contributed by atoms with Crippen LogP contribution in [-0.4, -0.2) is 35.9 Å². The van der Waals surface area contributed by atoms with Gasteiger partial charge in [-0.2, -0.15) is 0 Å². The largest absolute Gasteiger partial charge is 0.388 e. The molecule has 1 atom stereocenters. The van der Waals surface area contributed by atoms with Crippen molar-refractivity contribution in [2.24, 2.45) is 0 Å². The summed E-state index contributed by atoms with van der Waals surface area (Å²) < 4.78 is 0. The summed E-state index contributed by atoms with van der Waals surface area (Å²) in [6, 6.07) is 7.43. The number of hydrogen-bond acceptors (Lipinski definition) is 5. The van der Waals surface area contributed by atoms with Gasteiger partial charge in [-0.1, -0.05) is 0 Å². The van der Waals surface area contributed by atoms with E-state index in [1.54, 1.807) is 13.0 Å². The summed E-state index contributed by atoms with van der Waals surface area (Å²) >= 11 is 1.49. The Labute approximate surface area is 172 Å². The second-order valence-electron chi connectivity index (χ2n) is 7.41. The van der Waals surface area contributed by atoms with Crippen LogP contribution in [0.3, 0.4) is 0 Å². The number of aliphatic hydroxyl groups excluding tert-OH is 1. The SMILES string of the molecule is C[C@@H](O)c1ccc(CCNC(=O)C(=O)Nc2cc3c4c(c2)CC(=O)N4CCC3)s1. The molecule has 2 aromatic rings. The molecule has 1 aromatic carbocycles. The topological polar surface area (TPSA) is 98.7 Å². The lowest BCUT2D eigenvalue weighted by atomic mass is 9.99. The molecule has 0 bridgehead atoms. The Bertz CT molecular complexity index is 982. The molecule has 0 unspecified atom stereocenters. The minimum Gasteiger partial charge on any atom is -0.388 e. The third-order valence-electron chi connectivity index (χ3n) is 5.22. The number of aryl methyl sites for hydroxylation is 1. The van der Waals surface area contributed by atoms with Gasteiger partial charge in [0.25, 0.3) is 0 Å². The van der Waals surface area contributed by atoms with Crippen LogP contribution in [0.15, 0.2) is 24.3 Å². The zero-order valence-electron chi connectivity index (χ0n) is 16.2. The summed E-state index contributed by atoms with van der Waals surface area (Å²) in [5, 5.41) is 14.8. The molecule has 4 rings (SSSR count). The second kappa shape index (κ2) is 7.96. The fraction of sp³-hybridized carbons (Fsp3) is 0.381. The molecule has 3 amide bonds. The molecule has 0 spiro atoms. The van der Waals surface area contributed by atoms with Gasteiger partial charge >= 0.3 is 11.8 Å². The van der Waals surface area contributed by atoms with Crippen LogP contribution < -0.4 is 15.5 Å². The Morgan fingerprint density at radius 1 is 1.24 bits per heavy atom. The molecule has 1 aromatic heterocycles. The first-order valence-corrected chi connectivity index (χ1v) is 10.6. The molecule has 3 heterocycles. The summed E-state index contributed by atoms with van der Waals surface area (Å²) in [4.78, 5) is 40.2. The third kappa shape index (κ3) is 4.04. The van der Waals surface area contributed by atoms with Gasteiger partial charge in [0.1, 0.15) is 0 Å². The van der Waals surface area contributed by atoms with E-state index in [-0.39, 0.29) is 5.91 Å². The van der Waals surface area contributed by atoms with Crippen LogP contribution >= 0.6 is 11.3 Å². The zero-order valence-corrected chi connectivity index (χ0v) is 17.0. The van der Waals surface area contributed by atoms with Crippen LogP contribution in [0, 0.1) is 0 Å². The van der Waals surface area contributed by atoms with Gasteiger partial charge in [-0.05, 0) is 61.6 Å². The van der Waals surface area contributed by atoms with Crippen molar-refractivity contribution < 1.29 is 19.5 Å². The van der Waals surface area contributed by atoms with Crippen molar-refractivity contribution in [1.82, 2.24) is 5.32 Å². The number of rotatable bonds is 5. The molecule has 2 aliphatic rings. The molecule has 0 fully saturated rings. The first kappa shape index (κ1) is 19.6. The van der Waals surface area contributed by atoms with E-state index in [1.165, 1.54) is 11.3 Å². The lowest BCUT2D eigenvalue weighted by Crippen LogP contribution is -2.36. The van der Waals surface area contributed by atoms with Crippen LogP contribution in [-0.2, 0) is 33.6 Å². The molecule has 0 saturated heterocycles. The van der Waals surface area contributed by atoms with Gasteiger partial charge in [-0.3, -0.25) is 14.4 Å². The van der Waals surface area contributed by atoms with Gasteiger partial charge in [-0.15, -0.1) is 11.3 Å². The van der Waals surface area contributed by atoms with E-state index >= 15 is 0 Å². The number of carbonyl (C=O) groups excluding carboxylic acids is 3. The Balaban J connectivity index is 1.34. The standard InChI is InChI=1S/C21H23N3O4S/c1-12(25)17-5-4-16(29-17)6-7-22-20(27)21(28)23-15-9-13-3-2-8-24-18(26)11-14(10-15)19(13)24/h4-5,9-10,12,25H,2-3,6-8,11H2,1H3,(H,22,27)(H,23,28)/t12-/m1/s1. The second-order valence-corrected chi connectivity index (χ2v) is 8.61. The molecular formula is C21H23N3O4S. The maximum absolute atomic E-state index is 12.3. The molecular weight excluding hydrogens is 390 g/mol. The maximum atomic E-state index is 12.3. The van der Waals surface area contributed by atoms with Crippen molar-refractivity contribution in [3.05, 3.63) is 45.1 Å². The fourth-order valence-electron chi connectivity index (χ4n) is 3.87. The van der Waals surface area contributed by atoms with Crippen molar-refractivity contribution in [3.8, 4) is 0 Å². The van der Waals surface area contributed by atoms with Gasteiger partial charge in [0.15, 0.2) is 0 Å². The van der Waals surface area contributed by atoms with Crippen LogP contribution in [0.4, 0.5) is 11.4 Å². The average molecular weight is 413 g/mol. The Morgan fingerprint density at radius 3 is 2.79 bits per heavy atom. The monoisotopic (exact) mass is 413 g/mol. The van der Waals surface area contributed by atoms with E-state index in [2.05, 4.69) is 10.6 Å². The minimum atomic E-state index is -0.718. The van der Waals surface area contributed by atoms with Gasteiger partial charge in [-0.25, -0.2) is 0 Å². The van der Waals surface area contributed by atoms with Crippen molar-refractivity contribution in [2.75, 3.05) is 23.3 Å². The van der Waals surface area contributed by atoms with Crippen LogP contribution in [0.1, 0.15) is 40.3 Å². The number of nitrogens with zero attached hydrogens (tertiary/aromatic N) is 1. The van der Waals surface area contributed by atoms with Crippen molar-refractivity contribution >= 4 is 40.4 Å². The molecule has 152 valence electrons. The van der Waals surface area contributed by atoms with Gasteiger partial charge in [0.2, 0.25) is 5.91 Å². The normalized spacial score (nSPS) is 15.8. The van der Waals surface area contributed by atoms with E-state index < -0.39 is 17.9 Å². The van der Waals surface area contributed by atoms with Crippen molar-refractivity contribution in [3.63, 3.8) is 0 Å². The first-order chi connectivity index (χ1) is 13.9. The summed E-state index contributed by atoms with van der Waals surface area (Å²) in [5.41, 5.74) is 3.49. The van der Waals surface area contributed by atoms with Crippen molar-refractivity contribution in [1.29, 1.82) is 0 Å². The summed E-state index contributed by atoms with van der Waals surface area (Å²) in [7, 11) is 0. The third-order valence-corrected chi connectivity index (χ3v) is 6.54. The number of nitrogens with one attached hydrogen (secondary N) is 2. The highest BCUT2D eigenvalue weighted by Crippen LogP contribution is 2.38. The van der Waals surface area contributed by atoms with Gasteiger partial charge in [0, 0.05) is 28.5 Å². The number of aliphatic hydroxyl groups is 1. The molecule has 8 heteroatoms. The number of hydrogen-bond donors (Lipinski definition) is 3.